The van der Waals surface area contributed by atoms with Gasteiger partial charge in [0, 0.05) is 73.2 Å². The molecule has 0 aliphatic rings. The second-order valence-electron chi connectivity index (χ2n) is 17.1. The van der Waals surface area contributed by atoms with Crippen molar-refractivity contribution in [2.24, 2.45) is 0 Å². The van der Waals surface area contributed by atoms with E-state index in [1.165, 1.54) is 0 Å². The molecule has 12 rings (SSSR count). The Bertz CT molecular complexity index is 3500. The number of rotatable bonds is 12. The summed E-state index contributed by atoms with van der Waals surface area (Å²) in [6.45, 7) is 0. The molecule has 0 aliphatic heterocycles. The molecular formula is C64H46N4O. The van der Waals surface area contributed by atoms with Gasteiger partial charge in [-0.05, 0) is 163 Å². The Morgan fingerprint density at radius 1 is 0.275 bits per heavy atom. The van der Waals surface area contributed by atoms with Gasteiger partial charge in [0.25, 0.3) is 0 Å². The summed E-state index contributed by atoms with van der Waals surface area (Å²) in [6.07, 6.45) is 0. The quantitative estimate of drug-likeness (QED) is 0.122. The van der Waals surface area contributed by atoms with Crippen LogP contribution in [0.3, 0.4) is 0 Å². The van der Waals surface area contributed by atoms with Crippen LogP contribution in [0.25, 0.3) is 50.1 Å². The number of nitrogens with zero attached hydrogens (tertiary/aromatic N) is 4. The van der Waals surface area contributed by atoms with Crippen molar-refractivity contribution in [1.29, 1.82) is 0 Å². The van der Waals surface area contributed by atoms with Crippen molar-refractivity contribution >= 4 is 73.1 Å². The summed E-state index contributed by atoms with van der Waals surface area (Å²) in [5.41, 5.74) is 16.0. The first-order valence-electron chi connectivity index (χ1n) is 23.3. The molecule has 0 fully saturated rings. The first kappa shape index (κ1) is 41.1. The summed E-state index contributed by atoms with van der Waals surface area (Å²) >= 11 is 0. The van der Waals surface area contributed by atoms with Gasteiger partial charge >= 0.3 is 0 Å². The zero-order valence-electron chi connectivity index (χ0n) is 37.8. The van der Waals surface area contributed by atoms with E-state index in [4.69, 9.17) is 4.42 Å². The lowest BCUT2D eigenvalue weighted by Crippen LogP contribution is -2.10. The van der Waals surface area contributed by atoms with Crippen LogP contribution in [0.5, 0.6) is 0 Å². The molecule has 0 N–H and O–H groups in total. The largest absolute Gasteiger partial charge is 0.456 e. The maximum absolute atomic E-state index is 6.71. The van der Waals surface area contributed by atoms with Crippen LogP contribution in [0, 0.1) is 0 Å². The van der Waals surface area contributed by atoms with Gasteiger partial charge in [-0.3, -0.25) is 0 Å². The first-order chi connectivity index (χ1) is 34.2. The maximum atomic E-state index is 6.71. The molecule has 0 atom stereocenters. The molecule has 12 aromatic rings. The van der Waals surface area contributed by atoms with Crippen LogP contribution in [0.2, 0.25) is 0 Å². The van der Waals surface area contributed by atoms with Gasteiger partial charge in [0.1, 0.15) is 11.3 Å². The molecule has 0 amide bonds. The predicted molar refractivity (Wildman–Crippen MR) is 288 cm³/mol. The Balaban J connectivity index is 0.951. The topological polar surface area (TPSA) is 27.8 Å². The highest BCUT2D eigenvalue weighted by Crippen LogP contribution is 2.42. The number of anilines is 9. The fourth-order valence-corrected chi connectivity index (χ4v) is 9.49. The molecule has 0 saturated carbocycles. The fraction of sp³-hybridized carbons (Fsp3) is 0. The average molecular weight is 887 g/mol. The highest BCUT2D eigenvalue weighted by molar-refractivity contribution is 6.00. The number of fused-ring (bicyclic) bond motifs is 2. The van der Waals surface area contributed by atoms with Crippen molar-refractivity contribution in [3.63, 3.8) is 0 Å². The van der Waals surface area contributed by atoms with Crippen LogP contribution in [-0.4, -0.2) is 4.57 Å². The maximum Gasteiger partial charge on any atom is 0.135 e. The number of hydrogen-bond donors (Lipinski definition) is 0. The van der Waals surface area contributed by atoms with Gasteiger partial charge in [0.15, 0.2) is 0 Å². The van der Waals surface area contributed by atoms with E-state index in [2.05, 4.69) is 298 Å². The molecule has 69 heavy (non-hydrogen) atoms. The summed E-state index contributed by atoms with van der Waals surface area (Å²) in [5.74, 6) is 0.824. The Morgan fingerprint density at radius 3 is 0.986 bits per heavy atom. The minimum absolute atomic E-state index is 0.824. The molecule has 0 unspecified atom stereocenters. The van der Waals surface area contributed by atoms with Crippen LogP contribution < -0.4 is 14.7 Å². The molecule has 5 heteroatoms. The fourth-order valence-electron chi connectivity index (χ4n) is 9.49. The van der Waals surface area contributed by atoms with Crippen molar-refractivity contribution < 1.29 is 4.42 Å². The highest BCUT2D eigenvalue weighted by atomic mass is 16.3. The van der Waals surface area contributed by atoms with Crippen LogP contribution in [0.15, 0.2) is 283 Å². The lowest BCUT2D eigenvalue weighted by molar-refractivity contribution is 0.632. The second kappa shape index (κ2) is 18.2. The van der Waals surface area contributed by atoms with Gasteiger partial charge < -0.3 is 23.7 Å². The third kappa shape index (κ3) is 8.09. The Kier molecular flexibility index (Phi) is 10.8. The van der Waals surface area contributed by atoms with Crippen molar-refractivity contribution in [2.75, 3.05) is 14.7 Å². The molecular weight excluding hydrogens is 841 g/mol. The summed E-state index contributed by atoms with van der Waals surface area (Å²) < 4.78 is 9.10. The van der Waals surface area contributed by atoms with E-state index in [9.17, 15) is 0 Å². The van der Waals surface area contributed by atoms with Crippen molar-refractivity contribution in [2.45, 2.75) is 0 Å². The van der Waals surface area contributed by atoms with Gasteiger partial charge in [-0.25, -0.2) is 0 Å². The number of aromatic nitrogens is 1. The van der Waals surface area contributed by atoms with Crippen LogP contribution in [0.1, 0.15) is 0 Å². The number of benzene rings is 10. The molecule has 10 aromatic carbocycles. The van der Waals surface area contributed by atoms with Crippen molar-refractivity contribution in [3.05, 3.63) is 279 Å². The van der Waals surface area contributed by atoms with E-state index in [1.807, 2.05) is 0 Å². The van der Waals surface area contributed by atoms with Crippen LogP contribution >= 0.6 is 0 Å². The van der Waals surface area contributed by atoms with Gasteiger partial charge in [-0.15, -0.1) is 0 Å². The molecule has 2 heterocycles. The molecule has 5 nitrogen and oxygen atoms in total. The molecule has 0 bridgehead atoms. The van der Waals surface area contributed by atoms with Gasteiger partial charge in [0.05, 0.1) is 11.2 Å². The van der Waals surface area contributed by atoms with Gasteiger partial charge in [0.2, 0.25) is 0 Å². The van der Waals surface area contributed by atoms with Gasteiger partial charge in [-0.2, -0.15) is 0 Å². The minimum atomic E-state index is 0.824. The monoisotopic (exact) mass is 886 g/mol. The molecule has 0 spiro atoms. The molecule has 328 valence electrons. The summed E-state index contributed by atoms with van der Waals surface area (Å²) in [5, 5.41) is 2.13. The Hall–Kier alpha value is -9.32. The van der Waals surface area contributed by atoms with E-state index in [0.29, 0.717) is 0 Å². The van der Waals surface area contributed by atoms with E-state index >= 15 is 0 Å². The summed E-state index contributed by atoms with van der Waals surface area (Å²) in [7, 11) is 0. The minimum Gasteiger partial charge on any atom is -0.456 e. The zero-order chi connectivity index (χ0) is 45.9. The summed E-state index contributed by atoms with van der Waals surface area (Å²) in [4.78, 5) is 6.87. The smallest absolute Gasteiger partial charge is 0.135 e. The molecule has 0 saturated heterocycles. The van der Waals surface area contributed by atoms with Gasteiger partial charge in [-0.1, -0.05) is 121 Å². The number of hydrogen-bond acceptors (Lipinski definition) is 4. The van der Waals surface area contributed by atoms with Crippen LogP contribution in [0.4, 0.5) is 51.2 Å². The first-order valence-corrected chi connectivity index (χ1v) is 23.3. The average Bonchev–Trinajstić information content (AvgIpc) is 4.02. The standard InChI is InChI=1S/C64H46N4O/c1-7-19-51(20-8-1)65(52-21-9-2-10-22-52)57-35-31-47(32-36-57)61-43-49-45-64-50(46-63(69-64)48-33-37-58(38-34-48)66(53-23-11-3-12-24-53)54-25-13-4-14-26-54)44-62(49)68(61)60-41-39-59(40-42-60)67(55-27-15-5-16-28-55)56-29-17-6-18-30-56/h1-46H. The second-order valence-corrected chi connectivity index (χ2v) is 17.1. The van der Waals surface area contributed by atoms with E-state index < -0.39 is 0 Å². The van der Waals surface area contributed by atoms with E-state index in [1.54, 1.807) is 0 Å². The number of furan rings is 1. The highest BCUT2D eigenvalue weighted by Gasteiger charge is 2.20. The van der Waals surface area contributed by atoms with Crippen LogP contribution in [-0.2, 0) is 0 Å². The van der Waals surface area contributed by atoms with E-state index in [0.717, 1.165) is 101 Å². The third-order valence-corrected chi connectivity index (χ3v) is 12.7. The zero-order valence-corrected chi connectivity index (χ0v) is 37.8. The summed E-state index contributed by atoms with van der Waals surface area (Å²) in [6, 6.07) is 98.6. The normalized spacial score (nSPS) is 11.2. The number of para-hydroxylation sites is 6. The molecule has 0 aliphatic carbocycles. The van der Waals surface area contributed by atoms with E-state index in [-0.39, 0.29) is 0 Å². The van der Waals surface area contributed by atoms with Crippen molar-refractivity contribution in [3.8, 4) is 28.3 Å². The van der Waals surface area contributed by atoms with Crippen molar-refractivity contribution in [1.82, 2.24) is 4.57 Å². The Morgan fingerprint density at radius 2 is 0.609 bits per heavy atom. The third-order valence-electron chi connectivity index (χ3n) is 12.7. The predicted octanol–water partition coefficient (Wildman–Crippen LogP) is 18.1. The lowest BCUT2D eigenvalue weighted by atomic mass is 10.1. The SMILES string of the molecule is c1ccc(N(c2ccccc2)c2ccc(-c3cc4cc5c(cc(-c6ccc(N(c7ccccc7)c7ccccc7)cc6)n5-c5ccc(N(c6ccccc6)c6ccccc6)cc5)cc4o3)cc2)cc1. The molecule has 2 aromatic heterocycles. The lowest BCUT2D eigenvalue weighted by Gasteiger charge is -2.26. The Labute approximate surface area is 402 Å². The molecule has 0 radical (unpaired) electrons.